The van der Waals surface area contributed by atoms with Crippen LogP contribution in [0.5, 0.6) is 0 Å². The Kier molecular flexibility index (Phi) is 7.56. The first kappa shape index (κ1) is 15.7. The highest BCUT2D eigenvalue weighted by Crippen LogP contribution is 2.21. The summed E-state index contributed by atoms with van der Waals surface area (Å²) in [6.07, 6.45) is 3.08. The average molecular weight is 314 g/mol. The van der Waals surface area contributed by atoms with Crippen LogP contribution in [0.15, 0.2) is 28.7 Å². The number of halogens is 1. The molecule has 1 aromatic rings. The van der Waals surface area contributed by atoms with Gasteiger partial charge in [0.2, 0.25) is 0 Å². The van der Waals surface area contributed by atoms with Gasteiger partial charge >= 0.3 is 0 Å². The van der Waals surface area contributed by atoms with E-state index < -0.39 is 0 Å². The zero-order valence-corrected chi connectivity index (χ0v) is 12.9. The fourth-order valence-corrected chi connectivity index (χ4v) is 2.58. The van der Waals surface area contributed by atoms with Crippen molar-refractivity contribution in [3.8, 4) is 0 Å². The summed E-state index contributed by atoms with van der Waals surface area (Å²) in [5, 5.41) is 12.6. The van der Waals surface area contributed by atoms with E-state index in [4.69, 9.17) is 5.11 Å². The summed E-state index contributed by atoms with van der Waals surface area (Å²) in [5.74, 6) is 0.566. The van der Waals surface area contributed by atoms with E-state index in [2.05, 4.69) is 59.4 Å². The Hall–Kier alpha value is -0.380. The van der Waals surface area contributed by atoms with Crippen molar-refractivity contribution in [3.05, 3.63) is 34.3 Å². The van der Waals surface area contributed by atoms with Crippen LogP contribution >= 0.6 is 15.9 Å². The lowest BCUT2D eigenvalue weighted by molar-refractivity contribution is 0.248. The topological polar surface area (TPSA) is 32.3 Å². The minimum Gasteiger partial charge on any atom is -0.396 e. The molecular formula is C15H24BrNO. The van der Waals surface area contributed by atoms with E-state index in [0.717, 1.165) is 30.3 Å². The molecule has 2 nitrogen and oxygen atoms in total. The van der Waals surface area contributed by atoms with Gasteiger partial charge in [0, 0.05) is 17.1 Å². The molecule has 0 spiro atoms. The smallest absolute Gasteiger partial charge is 0.0434 e. The second kappa shape index (κ2) is 8.68. The molecular weight excluding hydrogens is 290 g/mol. The van der Waals surface area contributed by atoms with Gasteiger partial charge in [0.25, 0.3) is 0 Å². The fraction of sp³-hybridized carbons (Fsp3) is 0.600. The van der Waals surface area contributed by atoms with Crippen molar-refractivity contribution in [1.82, 2.24) is 5.32 Å². The summed E-state index contributed by atoms with van der Waals surface area (Å²) in [6.45, 7) is 5.64. The van der Waals surface area contributed by atoms with Crippen molar-refractivity contribution < 1.29 is 5.11 Å². The van der Waals surface area contributed by atoms with Crippen molar-refractivity contribution in [2.75, 3.05) is 13.2 Å². The van der Waals surface area contributed by atoms with Crippen LogP contribution in [0.2, 0.25) is 0 Å². The van der Waals surface area contributed by atoms with Gasteiger partial charge in [-0.25, -0.2) is 0 Å². The summed E-state index contributed by atoms with van der Waals surface area (Å²) in [6, 6.07) is 8.87. The Bertz CT molecular complexity index is 343. The molecule has 1 aromatic carbocycles. The molecule has 0 saturated heterocycles. The van der Waals surface area contributed by atoms with Gasteiger partial charge < -0.3 is 10.4 Å². The van der Waals surface area contributed by atoms with Gasteiger partial charge in [-0.05, 0) is 43.0 Å². The van der Waals surface area contributed by atoms with Crippen LogP contribution in [0.4, 0.5) is 0 Å². The highest BCUT2D eigenvalue weighted by Gasteiger charge is 2.12. The zero-order valence-electron chi connectivity index (χ0n) is 11.3. The van der Waals surface area contributed by atoms with Gasteiger partial charge in [-0.15, -0.1) is 0 Å². The SMILES string of the molecule is CCC(CCO)CNC(CC)c1cccc(Br)c1. The highest BCUT2D eigenvalue weighted by molar-refractivity contribution is 9.10. The molecule has 0 bridgehead atoms. The van der Waals surface area contributed by atoms with Crippen molar-refractivity contribution in [3.63, 3.8) is 0 Å². The van der Waals surface area contributed by atoms with E-state index in [1.807, 2.05) is 0 Å². The third-order valence-electron chi connectivity index (χ3n) is 3.43. The van der Waals surface area contributed by atoms with E-state index in [1.165, 1.54) is 5.56 Å². The first-order valence-electron chi connectivity index (χ1n) is 6.80. The summed E-state index contributed by atoms with van der Waals surface area (Å²) in [7, 11) is 0. The molecule has 0 radical (unpaired) electrons. The molecule has 0 aromatic heterocycles. The Labute approximate surface area is 119 Å². The summed E-state index contributed by atoms with van der Waals surface area (Å²) in [5.41, 5.74) is 1.32. The minimum atomic E-state index is 0.286. The molecule has 0 aliphatic carbocycles. The largest absolute Gasteiger partial charge is 0.396 e. The molecule has 0 amide bonds. The number of hydrogen-bond donors (Lipinski definition) is 2. The maximum absolute atomic E-state index is 9.01. The van der Waals surface area contributed by atoms with Crippen LogP contribution in [0.1, 0.15) is 44.7 Å². The Morgan fingerprint density at radius 1 is 1.28 bits per heavy atom. The van der Waals surface area contributed by atoms with Crippen LogP contribution < -0.4 is 5.32 Å². The van der Waals surface area contributed by atoms with Gasteiger partial charge in [-0.1, -0.05) is 48.3 Å². The number of rotatable bonds is 8. The molecule has 2 unspecified atom stereocenters. The number of hydrogen-bond acceptors (Lipinski definition) is 2. The standard InChI is InChI=1S/C15H24BrNO/c1-3-12(8-9-18)11-17-15(4-2)13-6-5-7-14(16)10-13/h5-7,10,12,15,17-18H,3-4,8-9,11H2,1-2H3. The quantitative estimate of drug-likeness (QED) is 0.763. The second-order valence-corrected chi connectivity index (χ2v) is 5.63. The normalized spacial score (nSPS) is 14.4. The third-order valence-corrected chi connectivity index (χ3v) is 3.92. The van der Waals surface area contributed by atoms with Gasteiger partial charge in [-0.3, -0.25) is 0 Å². The van der Waals surface area contributed by atoms with Crippen molar-refractivity contribution in [1.29, 1.82) is 0 Å². The Morgan fingerprint density at radius 3 is 2.61 bits per heavy atom. The molecule has 0 aliphatic rings. The predicted octanol–water partition coefficient (Wildman–Crippen LogP) is 3.90. The number of aliphatic hydroxyl groups excluding tert-OH is 1. The van der Waals surface area contributed by atoms with Gasteiger partial charge in [-0.2, -0.15) is 0 Å². The first-order valence-corrected chi connectivity index (χ1v) is 7.60. The van der Waals surface area contributed by atoms with Gasteiger partial charge in [0.1, 0.15) is 0 Å². The maximum atomic E-state index is 9.01. The highest BCUT2D eigenvalue weighted by atomic mass is 79.9. The average Bonchev–Trinajstić information content (AvgIpc) is 2.38. The Morgan fingerprint density at radius 2 is 2.06 bits per heavy atom. The summed E-state index contributed by atoms with van der Waals surface area (Å²) in [4.78, 5) is 0. The monoisotopic (exact) mass is 313 g/mol. The third kappa shape index (κ3) is 5.09. The molecule has 102 valence electrons. The Balaban J connectivity index is 2.56. The lowest BCUT2D eigenvalue weighted by Crippen LogP contribution is -2.27. The maximum Gasteiger partial charge on any atom is 0.0434 e. The predicted molar refractivity (Wildman–Crippen MR) is 80.7 cm³/mol. The van der Waals surface area contributed by atoms with E-state index in [0.29, 0.717) is 12.0 Å². The molecule has 0 saturated carbocycles. The van der Waals surface area contributed by atoms with Gasteiger partial charge in [0.05, 0.1) is 0 Å². The van der Waals surface area contributed by atoms with E-state index in [9.17, 15) is 0 Å². The van der Waals surface area contributed by atoms with Crippen LogP contribution in [-0.2, 0) is 0 Å². The molecule has 2 N–H and O–H groups in total. The van der Waals surface area contributed by atoms with Crippen LogP contribution in [0, 0.1) is 5.92 Å². The zero-order chi connectivity index (χ0) is 13.4. The van der Waals surface area contributed by atoms with Crippen molar-refractivity contribution >= 4 is 15.9 Å². The molecule has 3 heteroatoms. The second-order valence-electron chi connectivity index (χ2n) is 4.71. The van der Waals surface area contributed by atoms with Gasteiger partial charge in [0.15, 0.2) is 0 Å². The van der Waals surface area contributed by atoms with Crippen LogP contribution in [0.25, 0.3) is 0 Å². The number of nitrogens with one attached hydrogen (secondary N) is 1. The fourth-order valence-electron chi connectivity index (χ4n) is 2.16. The molecule has 1 rings (SSSR count). The molecule has 18 heavy (non-hydrogen) atoms. The van der Waals surface area contributed by atoms with E-state index >= 15 is 0 Å². The summed E-state index contributed by atoms with van der Waals surface area (Å²) >= 11 is 3.52. The lowest BCUT2D eigenvalue weighted by Gasteiger charge is -2.21. The molecule has 0 fully saturated rings. The van der Waals surface area contributed by atoms with Crippen molar-refractivity contribution in [2.24, 2.45) is 5.92 Å². The molecule has 2 atom stereocenters. The number of aliphatic hydroxyl groups is 1. The lowest BCUT2D eigenvalue weighted by atomic mass is 10.00. The minimum absolute atomic E-state index is 0.286. The van der Waals surface area contributed by atoms with Crippen molar-refractivity contribution in [2.45, 2.75) is 39.2 Å². The number of benzene rings is 1. The van der Waals surface area contributed by atoms with Crippen LogP contribution in [-0.4, -0.2) is 18.3 Å². The molecule has 0 heterocycles. The van der Waals surface area contributed by atoms with Crippen LogP contribution in [0.3, 0.4) is 0 Å². The first-order chi connectivity index (χ1) is 8.71. The van der Waals surface area contributed by atoms with E-state index in [1.54, 1.807) is 0 Å². The summed E-state index contributed by atoms with van der Waals surface area (Å²) < 4.78 is 1.13. The van der Waals surface area contributed by atoms with E-state index in [-0.39, 0.29) is 6.61 Å². The molecule has 0 aliphatic heterocycles.